The number of esters is 1. The summed E-state index contributed by atoms with van der Waals surface area (Å²) in [5.74, 6) is -0.510. The zero-order valence-corrected chi connectivity index (χ0v) is 17.7. The van der Waals surface area contributed by atoms with Crippen molar-refractivity contribution in [1.29, 1.82) is 0 Å². The van der Waals surface area contributed by atoms with Crippen LogP contribution in [0.2, 0.25) is 0 Å². The van der Waals surface area contributed by atoms with Gasteiger partial charge in [0, 0.05) is 37.1 Å². The van der Waals surface area contributed by atoms with Crippen LogP contribution < -0.4 is 5.73 Å². The molecule has 158 valence electrons. The number of nitrogens with zero attached hydrogens (tertiary/aromatic N) is 1. The number of piperidine rings is 1. The van der Waals surface area contributed by atoms with Gasteiger partial charge in [0.05, 0.1) is 12.2 Å². The van der Waals surface area contributed by atoms with Gasteiger partial charge in [0.2, 0.25) is 5.91 Å². The van der Waals surface area contributed by atoms with E-state index in [2.05, 4.69) is 0 Å². The van der Waals surface area contributed by atoms with Crippen LogP contribution in [0.25, 0.3) is 0 Å². The number of carbonyl (C=O) groups excluding carboxylic acids is 3. The average molecular weight is 421 g/mol. The molecule has 0 saturated carbocycles. The van der Waals surface area contributed by atoms with Crippen LogP contribution in [0.15, 0.2) is 24.3 Å². The minimum absolute atomic E-state index is 0.0456. The van der Waals surface area contributed by atoms with Gasteiger partial charge in [-0.15, -0.1) is 0 Å². The number of rotatable bonds is 9. The molecule has 29 heavy (non-hydrogen) atoms. The van der Waals surface area contributed by atoms with Gasteiger partial charge in [-0.25, -0.2) is 4.79 Å². The number of benzene rings is 1. The van der Waals surface area contributed by atoms with E-state index in [1.165, 1.54) is 0 Å². The maximum atomic E-state index is 12.4. The second-order valence-electron chi connectivity index (χ2n) is 7.29. The van der Waals surface area contributed by atoms with Crippen molar-refractivity contribution >= 4 is 34.9 Å². The topological polar surface area (TPSA) is 98.9 Å². The summed E-state index contributed by atoms with van der Waals surface area (Å²) in [5, 5.41) is 0. The maximum absolute atomic E-state index is 12.4. The summed E-state index contributed by atoms with van der Waals surface area (Å²) in [6, 6.07) is 6.76. The number of ketones is 1. The van der Waals surface area contributed by atoms with E-state index in [9.17, 15) is 14.4 Å². The van der Waals surface area contributed by atoms with Crippen molar-refractivity contribution in [2.24, 2.45) is 5.73 Å². The standard InChI is InChI=1S/C21H28N2O5S/c1-14(2)28-20(26)13-27-17-9-11-23(12-10-17)19(25)8-7-18(24)15-3-5-16(6-4-15)21(22)29/h3-6,14,17H,7-13H2,1-2H3,(H2,22,29). The van der Waals surface area contributed by atoms with Crippen molar-refractivity contribution < 1.29 is 23.9 Å². The molecule has 1 fully saturated rings. The Balaban J connectivity index is 1.70. The van der Waals surface area contributed by atoms with Gasteiger partial charge in [-0.05, 0) is 26.7 Å². The Labute approximate surface area is 176 Å². The summed E-state index contributed by atoms with van der Waals surface area (Å²) in [7, 11) is 0. The Hall–Kier alpha value is -2.32. The van der Waals surface area contributed by atoms with E-state index in [-0.39, 0.29) is 54.3 Å². The molecule has 0 bridgehead atoms. The number of hydrogen-bond acceptors (Lipinski definition) is 6. The van der Waals surface area contributed by atoms with Gasteiger partial charge in [0.25, 0.3) is 0 Å². The van der Waals surface area contributed by atoms with Crippen molar-refractivity contribution in [1.82, 2.24) is 4.90 Å². The minimum atomic E-state index is -0.377. The molecule has 7 nitrogen and oxygen atoms in total. The van der Waals surface area contributed by atoms with Crippen LogP contribution in [-0.4, -0.2) is 59.5 Å². The largest absolute Gasteiger partial charge is 0.461 e. The lowest BCUT2D eigenvalue weighted by atomic mass is 10.0. The van der Waals surface area contributed by atoms with Crippen molar-refractivity contribution in [2.45, 2.75) is 51.7 Å². The van der Waals surface area contributed by atoms with Crippen LogP contribution in [0.1, 0.15) is 55.5 Å². The highest BCUT2D eigenvalue weighted by molar-refractivity contribution is 7.80. The van der Waals surface area contributed by atoms with E-state index in [4.69, 9.17) is 27.4 Å². The third kappa shape index (κ3) is 7.55. The molecule has 0 radical (unpaired) electrons. The molecule has 0 aromatic heterocycles. The lowest BCUT2D eigenvalue weighted by Crippen LogP contribution is -2.41. The molecule has 0 atom stereocenters. The number of carbonyl (C=O) groups is 3. The molecule has 2 N–H and O–H groups in total. The molecule has 0 unspecified atom stereocenters. The second kappa shape index (κ2) is 11.0. The van der Waals surface area contributed by atoms with Crippen molar-refractivity contribution in [2.75, 3.05) is 19.7 Å². The molecule has 1 amide bonds. The average Bonchev–Trinajstić information content (AvgIpc) is 2.70. The van der Waals surface area contributed by atoms with Crippen molar-refractivity contribution in [3.8, 4) is 0 Å². The summed E-state index contributed by atoms with van der Waals surface area (Å²) in [4.78, 5) is 38.2. The van der Waals surface area contributed by atoms with E-state index in [1.807, 2.05) is 0 Å². The van der Waals surface area contributed by atoms with E-state index < -0.39 is 0 Å². The molecular formula is C21H28N2O5S. The molecule has 1 saturated heterocycles. The van der Waals surface area contributed by atoms with Gasteiger partial charge in [-0.2, -0.15) is 0 Å². The molecule has 0 spiro atoms. The molecule has 1 aromatic carbocycles. The smallest absolute Gasteiger partial charge is 0.332 e. The van der Waals surface area contributed by atoms with E-state index in [0.29, 0.717) is 37.1 Å². The number of thiocarbonyl (C=S) groups is 1. The first-order chi connectivity index (χ1) is 13.8. The van der Waals surface area contributed by atoms with Gasteiger partial charge in [0.1, 0.15) is 11.6 Å². The molecule has 0 aliphatic carbocycles. The van der Waals surface area contributed by atoms with Crippen LogP contribution in [0.3, 0.4) is 0 Å². The van der Waals surface area contributed by atoms with Gasteiger partial charge in [-0.3, -0.25) is 9.59 Å². The molecule has 1 aliphatic heterocycles. The number of amides is 1. The third-order valence-corrected chi connectivity index (χ3v) is 4.89. The molecular weight excluding hydrogens is 392 g/mol. The zero-order chi connectivity index (χ0) is 21.4. The van der Waals surface area contributed by atoms with E-state index in [1.54, 1.807) is 43.0 Å². The fourth-order valence-corrected chi connectivity index (χ4v) is 3.23. The van der Waals surface area contributed by atoms with Crippen LogP contribution in [0.5, 0.6) is 0 Å². The van der Waals surface area contributed by atoms with Crippen LogP contribution in [-0.2, 0) is 19.1 Å². The van der Waals surface area contributed by atoms with Crippen LogP contribution >= 0.6 is 12.2 Å². The lowest BCUT2D eigenvalue weighted by Gasteiger charge is -2.31. The monoisotopic (exact) mass is 420 g/mol. The van der Waals surface area contributed by atoms with Gasteiger partial charge < -0.3 is 20.1 Å². The highest BCUT2D eigenvalue weighted by Gasteiger charge is 2.24. The molecule has 1 aliphatic rings. The minimum Gasteiger partial charge on any atom is -0.461 e. The Bertz CT molecular complexity index is 740. The van der Waals surface area contributed by atoms with E-state index >= 15 is 0 Å². The maximum Gasteiger partial charge on any atom is 0.332 e. The number of ether oxygens (including phenoxy) is 2. The molecule has 1 aromatic rings. The summed E-state index contributed by atoms with van der Waals surface area (Å²) in [5.41, 5.74) is 6.79. The fraction of sp³-hybridized carbons (Fsp3) is 0.524. The first kappa shape index (κ1) is 23.0. The molecule has 1 heterocycles. The highest BCUT2D eigenvalue weighted by atomic mass is 32.1. The summed E-state index contributed by atoms with van der Waals surface area (Å²) >= 11 is 4.89. The summed E-state index contributed by atoms with van der Waals surface area (Å²) < 4.78 is 10.6. The number of Topliss-reactive ketones (excluding diaryl/α,β-unsaturated/α-hetero) is 1. The summed E-state index contributed by atoms with van der Waals surface area (Å²) in [6.07, 6.45) is 1.42. The Kier molecular flexibility index (Phi) is 8.72. The van der Waals surface area contributed by atoms with Crippen LogP contribution in [0.4, 0.5) is 0 Å². The van der Waals surface area contributed by atoms with Gasteiger partial charge >= 0.3 is 5.97 Å². The summed E-state index contributed by atoms with van der Waals surface area (Å²) in [6.45, 7) is 4.62. The quantitative estimate of drug-likeness (QED) is 0.372. The number of likely N-dealkylation sites (tertiary alicyclic amines) is 1. The van der Waals surface area contributed by atoms with E-state index in [0.717, 1.165) is 0 Å². The van der Waals surface area contributed by atoms with Crippen molar-refractivity contribution in [3.63, 3.8) is 0 Å². The predicted octanol–water partition coefficient (Wildman–Crippen LogP) is 2.24. The highest BCUT2D eigenvalue weighted by Crippen LogP contribution is 2.16. The molecule has 2 rings (SSSR count). The first-order valence-electron chi connectivity index (χ1n) is 9.78. The predicted molar refractivity (Wildman–Crippen MR) is 113 cm³/mol. The zero-order valence-electron chi connectivity index (χ0n) is 16.9. The Morgan fingerprint density at radius 2 is 1.69 bits per heavy atom. The third-order valence-electron chi connectivity index (χ3n) is 4.66. The lowest BCUT2D eigenvalue weighted by molar-refractivity contribution is -0.156. The number of nitrogens with two attached hydrogens (primary N) is 1. The van der Waals surface area contributed by atoms with Crippen molar-refractivity contribution in [3.05, 3.63) is 35.4 Å². The molecule has 8 heteroatoms. The SMILES string of the molecule is CC(C)OC(=O)COC1CCN(C(=O)CCC(=O)c2ccc(C(N)=S)cc2)CC1. The second-order valence-corrected chi connectivity index (χ2v) is 7.73. The number of hydrogen-bond donors (Lipinski definition) is 1. The van der Waals surface area contributed by atoms with Gasteiger partial charge in [-0.1, -0.05) is 36.5 Å². The Morgan fingerprint density at radius 3 is 2.24 bits per heavy atom. The normalized spacial score (nSPS) is 14.7. The van der Waals surface area contributed by atoms with Gasteiger partial charge in [0.15, 0.2) is 5.78 Å². The Morgan fingerprint density at radius 1 is 1.10 bits per heavy atom. The fourth-order valence-electron chi connectivity index (χ4n) is 3.10. The first-order valence-corrected chi connectivity index (χ1v) is 10.2. The van der Waals surface area contributed by atoms with Crippen LogP contribution in [0, 0.1) is 0 Å².